The van der Waals surface area contributed by atoms with E-state index >= 15 is 0 Å². The number of hydrogen-bond acceptors (Lipinski definition) is 4. The second kappa shape index (κ2) is 10.6. The third-order valence-electron chi connectivity index (χ3n) is 4.10. The van der Waals surface area contributed by atoms with Crippen molar-refractivity contribution in [3.05, 3.63) is 0 Å². The lowest BCUT2D eigenvalue weighted by Crippen LogP contribution is -2.39. The van der Waals surface area contributed by atoms with Crippen LogP contribution in [0.3, 0.4) is 0 Å². The van der Waals surface area contributed by atoms with Crippen molar-refractivity contribution in [1.29, 1.82) is 0 Å². The fraction of sp³-hybridized carbons (Fsp3) is 0.882. The number of nitrogens with zero attached hydrogens (tertiary/aromatic N) is 1. The average Bonchev–Trinajstić information content (AvgIpc) is 2.53. The summed E-state index contributed by atoms with van der Waals surface area (Å²) >= 11 is 0. The van der Waals surface area contributed by atoms with E-state index in [4.69, 9.17) is 4.74 Å². The maximum Gasteiger partial charge on any atom is 0.307 e. The largest absolute Gasteiger partial charge is 0.469 e. The van der Waals surface area contributed by atoms with Crippen molar-refractivity contribution in [2.24, 2.45) is 5.92 Å². The molecule has 0 atom stereocenters. The van der Waals surface area contributed by atoms with Crippen molar-refractivity contribution < 1.29 is 19.1 Å². The second-order valence-electron chi connectivity index (χ2n) is 6.26. The van der Waals surface area contributed by atoms with Crippen molar-refractivity contribution in [3.8, 4) is 0 Å². The molecule has 1 aliphatic rings. The first kappa shape index (κ1) is 18.9. The van der Waals surface area contributed by atoms with E-state index < -0.39 is 0 Å². The molecule has 0 radical (unpaired) electrons. The molecule has 0 N–H and O–H groups in total. The first-order valence-corrected chi connectivity index (χ1v) is 8.51. The van der Waals surface area contributed by atoms with Gasteiger partial charge in [0, 0.05) is 25.6 Å². The fourth-order valence-corrected chi connectivity index (χ4v) is 2.84. The smallest absolute Gasteiger partial charge is 0.307 e. The first-order valence-electron chi connectivity index (χ1n) is 8.51. The maximum absolute atomic E-state index is 12.7. The van der Waals surface area contributed by atoms with E-state index in [2.05, 4.69) is 4.74 Å². The van der Waals surface area contributed by atoms with E-state index in [9.17, 15) is 9.59 Å². The minimum Gasteiger partial charge on any atom is -0.469 e. The van der Waals surface area contributed by atoms with Crippen molar-refractivity contribution in [1.82, 2.24) is 4.90 Å². The van der Waals surface area contributed by atoms with Gasteiger partial charge in [0.2, 0.25) is 5.91 Å². The molecule has 1 amide bonds. The van der Waals surface area contributed by atoms with Gasteiger partial charge < -0.3 is 14.4 Å². The monoisotopic (exact) mass is 313 g/mol. The van der Waals surface area contributed by atoms with Gasteiger partial charge in [0.15, 0.2) is 0 Å². The predicted octanol–water partition coefficient (Wildman–Crippen LogP) is 2.77. The van der Waals surface area contributed by atoms with Gasteiger partial charge in [0.1, 0.15) is 0 Å². The summed E-state index contributed by atoms with van der Waals surface area (Å²) < 4.78 is 10.2. The molecule has 1 fully saturated rings. The summed E-state index contributed by atoms with van der Waals surface area (Å²) in [6.45, 7) is 5.75. The molecule has 0 spiro atoms. The van der Waals surface area contributed by atoms with Crippen LogP contribution in [0.15, 0.2) is 0 Å². The van der Waals surface area contributed by atoms with E-state index in [0.29, 0.717) is 19.7 Å². The van der Waals surface area contributed by atoms with Crippen LogP contribution in [0.5, 0.6) is 0 Å². The number of ether oxygens (including phenoxy) is 2. The maximum atomic E-state index is 12.7. The topological polar surface area (TPSA) is 55.8 Å². The lowest BCUT2D eigenvalue weighted by molar-refractivity contribution is -0.142. The van der Waals surface area contributed by atoms with Crippen molar-refractivity contribution >= 4 is 11.9 Å². The zero-order chi connectivity index (χ0) is 16.4. The molecule has 0 aromatic rings. The summed E-state index contributed by atoms with van der Waals surface area (Å²) in [6, 6.07) is 0. The zero-order valence-electron chi connectivity index (χ0n) is 14.3. The Bertz CT molecular complexity index is 338. The van der Waals surface area contributed by atoms with Crippen LogP contribution in [0.1, 0.15) is 58.8 Å². The number of rotatable bonds is 9. The van der Waals surface area contributed by atoms with Gasteiger partial charge in [0.05, 0.1) is 19.6 Å². The van der Waals surface area contributed by atoms with Crippen molar-refractivity contribution in [2.75, 3.05) is 26.8 Å². The molecule has 22 heavy (non-hydrogen) atoms. The highest BCUT2D eigenvalue weighted by atomic mass is 16.5. The molecule has 1 saturated carbocycles. The van der Waals surface area contributed by atoms with Crippen molar-refractivity contribution in [2.45, 2.75) is 64.9 Å². The zero-order valence-corrected chi connectivity index (χ0v) is 14.3. The summed E-state index contributed by atoms with van der Waals surface area (Å²) in [7, 11) is 1.38. The molecule has 128 valence electrons. The molecule has 1 aliphatic carbocycles. The Morgan fingerprint density at radius 3 is 2.41 bits per heavy atom. The molecule has 0 aromatic carbocycles. The lowest BCUT2D eigenvalue weighted by atomic mass is 9.88. The number of hydrogen-bond donors (Lipinski definition) is 0. The normalized spacial score (nSPS) is 15.8. The number of carbonyl (C=O) groups excluding carboxylic acids is 2. The average molecular weight is 313 g/mol. The highest BCUT2D eigenvalue weighted by Gasteiger charge is 2.26. The van der Waals surface area contributed by atoms with Crippen LogP contribution in [0.2, 0.25) is 0 Å². The van der Waals surface area contributed by atoms with E-state index in [1.165, 1.54) is 13.5 Å². The van der Waals surface area contributed by atoms with Gasteiger partial charge in [-0.1, -0.05) is 19.3 Å². The number of carbonyl (C=O) groups is 2. The lowest BCUT2D eigenvalue weighted by Gasteiger charge is -2.29. The Kier molecular flexibility index (Phi) is 9.13. The molecule has 1 rings (SSSR count). The summed E-state index contributed by atoms with van der Waals surface area (Å²) in [6.07, 6.45) is 6.74. The molecular weight excluding hydrogens is 282 g/mol. The molecule has 0 heterocycles. The van der Waals surface area contributed by atoms with E-state index in [1.807, 2.05) is 18.7 Å². The van der Waals surface area contributed by atoms with Crippen LogP contribution in [0.4, 0.5) is 0 Å². The highest BCUT2D eigenvalue weighted by Crippen LogP contribution is 2.25. The van der Waals surface area contributed by atoms with Gasteiger partial charge in [-0.25, -0.2) is 0 Å². The predicted molar refractivity (Wildman–Crippen MR) is 85.5 cm³/mol. The van der Waals surface area contributed by atoms with Gasteiger partial charge in [-0.3, -0.25) is 9.59 Å². The van der Waals surface area contributed by atoms with E-state index in [-0.39, 0.29) is 30.3 Å². The number of amides is 1. The molecule has 0 aromatic heterocycles. The summed E-state index contributed by atoms with van der Waals surface area (Å²) in [5, 5.41) is 0. The quantitative estimate of drug-likeness (QED) is 0.485. The van der Waals surface area contributed by atoms with Gasteiger partial charge in [-0.15, -0.1) is 0 Å². The van der Waals surface area contributed by atoms with E-state index in [1.54, 1.807) is 0 Å². The molecule has 0 unspecified atom stereocenters. The number of esters is 1. The third-order valence-corrected chi connectivity index (χ3v) is 4.10. The van der Waals surface area contributed by atoms with Crippen LogP contribution in [-0.2, 0) is 19.1 Å². The fourth-order valence-electron chi connectivity index (χ4n) is 2.84. The summed E-state index contributed by atoms with van der Waals surface area (Å²) in [5.41, 5.74) is 0. The molecule has 0 aliphatic heterocycles. The van der Waals surface area contributed by atoms with Gasteiger partial charge in [-0.05, 0) is 33.1 Å². The Morgan fingerprint density at radius 1 is 1.14 bits per heavy atom. The molecule has 5 nitrogen and oxygen atoms in total. The summed E-state index contributed by atoms with van der Waals surface area (Å²) in [4.78, 5) is 25.8. The van der Waals surface area contributed by atoms with Crippen LogP contribution >= 0.6 is 0 Å². The van der Waals surface area contributed by atoms with Crippen LogP contribution in [0, 0.1) is 5.92 Å². The van der Waals surface area contributed by atoms with Crippen LogP contribution in [0.25, 0.3) is 0 Å². The van der Waals surface area contributed by atoms with Crippen LogP contribution in [-0.4, -0.2) is 49.7 Å². The Balaban J connectivity index is 2.47. The van der Waals surface area contributed by atoms with E-state index in [0.717, 1.165) is 32.1 Å². The van der Waals surface area contributed by atoms with Crippen LogP contribution < -0.4 is 0 Å². The van der Waals surface area contributed by atoms with Crippen molar-refractivity contribution in [3.63, 3.8) is 0 Å². The van der Waals surface area contributed by atoms with Gasteiger partial charge in [0.25, 0.3) is 0 Å². The first-order chi connectivity index (χ1) is 10.5. The highest BCUT2D eigenvalue weighted by molar-refractivity contribution is 5.79. The third kappa shape index (κ3) is 7.25. The Hall–Kier alpha value is -1.10. The summed E-state index contributed by atoms with van der Waals surface area (Å²) in [5.74, 6) is 0.0745. The standard InChI is InChI=1S/C17H31NO4/c1-14(2)22-13-7-11-18(12-10-16(19)21-3)17(20)15-8-5-4-6-9-15/h14-15H,4-13H2,1-3H3. The Morgan fingerprint density at radius 2 is 1.82 bits per heavy atom. The minimum absolute atomic E-state index is 0.136. The minimum atomic E-state index is -0.264. The van der Waals surface area contributed by atoms with Gasteiger partial charge in [-0.2, -0.15) is 0 Å². The van der Waals surface area contributed by atoms with Gasteiger partial charge >= 0.3 is 5.97 Å². The molecule has 0 saturated heterocycles. The molecular formula is C17H31NO4. The Labute approximate surface area is 134 Å². The SMILES string of the molecule is COC(=O)CCN(CCCOC(C)C)C(=O)C1CCCCC1. The molecule has 0 bridgehead atoms. The molecule has 5 heteroatoms. The second-order valence-corrected chi connectivity index (χ2v) is 6.26. The number of methoxy groups -OCH3 is 1.